The normalized spacial score (nSPS) is 12.3. The number of hydrogen-bond acceptors (Lipinski definition) is 8. The van der Waals surface area contributed by atoms with Crippen LogP contribution in [0.3, 0.4) is 0 Å². The molecule has 0 amide bonds. The third kappa shape index (κ3) is 3.12. The van der Waals surface area contributed by atoms with Gasteiger partial charge < -0.3 is 9.05 Å². The monoisotopic (exact) mass is 403 g/mol. The summed E-state index contributed by atoms with van der Waals surface area (Å²) < 4.78 is 13.1. The highest BCUT2D eigenvalue weighted by Crippen LogP contribution is 2.34. The summed E-state index contributed by atoms with van der Waals surface area (Å²) in [6.45, 7) is 8.51. The first-order valence-electron chi connectivity index (χ1n) is 9.82. The largest absolute Gasteiger partial charge is 0.336 e. The van der Waals surface area contributed by atoms with Gasteiger partial charge in [-0.25, -0.2) is 9.97 Å². The Hall–Kier alpha value is -3.62. The van der Waals surface area contributed by atoms with Crippen LogP contribution in [0.4, 0.5) is 0 Å². The number of fused-ring (bicyclic) bond motifs is 2. The van der Waals surface area contributed by atoms with Gasteiger partial charge in [-0.2, -0.15) is 4.98 Å². The summed E-state index contributed by atoms with van der Waals surface area (Å²) in [6, 6.07) is 1.97. The minimum Gasteiger partial charge on any atom is -0.336 e. The Bertz CT molecular complexity index is 1360. The van der Waals surface area contributed by atoms with Crippen LogP contribution >= 0.6 is 0 Å². The van der Waals surface area contributed by atoms with E-state index in [2.05, 4.69) is 51.0 Å². The molecule has 0 aliphatic heterocycles. The summed E-state index contributed by atoms with van der Waals surface area (Å²) in [5, 5.41) is 9.31. The lowest BCUT2D eigenvalue weighted by Crippen LogP contribution is -2.09. The fourth-order valence-corrected chi connectivity index (χ4v) is 3.48. The van der Waals surface area contributed by atoms with Gasteiger partial charge in [-0.3, -0.25) is 9.38 Å². The van der Waals surface area contributed by atoms with E-state index in [1.54, 1.807) is 18.6 Å². The van der Waals surface area contributed by atoms with Crippen LogP contribution in [0.5, 0.6) is 0 Å². The van der Waals surface area contributed by atoms with Crippen LogP contribution in [0.1, 0.15) is 39.1 Å². The lowest BCUT2D eigenvalue weighted by atomic mass is 9.89. The van der Waals surface area contributed by atoms with E-state index in [-0.39, 0.29) is 5.41 Å². The summed E-state index contributed by atoms with van der Waals surface area (Å²) in [5.74, 6) is 0.843. The Morgan fingerprint density at radius 3 is 2.73 bits per heavy atom. The Balaban J connectivity index is 1.67. The number of aromatic nitrogens is 7. The van der Waals surface area contributed by atoms with E-state index in [4.69, 9.17) is 9.05 Å². The van der Waals surface area contributed by atoms with Crippen LogP contribution in [0.15, 0.2) is 39.9 Å². The van der Waals surface area contributed by atoms with E-state index in [0.717, 1.165) is 40.9 Å². The number of nitrogens with zero attached hydrogens (tertiary/aromatic N) is 7. The van der Waals surface area contributed by atoms with Crippen molar-refractivity contribution >= 4 is 16.7 Å². The number of pyridine rings is 1. The molecule has 0 fully saturated rings. The highest BCUT2D eigenvalue weighted by atomic mass is 16.5. The number of aryl methyl sites for hydroxylation is 1. The molecule has 9 heteroatoms. The van der Waals surface area contributed by atoms with Gasteiger partial charge >= 0.3 is 0 Å². The number of hydrogen-bond donors (Lipinski definition) is 0. The van der Waals surface area contributed by atoms with Gasteiger partial charge in [-0.15, -0.1) is 0 Å². The van der Waals surface area contributed by atoms with Crippen LogP contribution in [0.25, 0.3) is 39.7 Å². The number of imidazole rings is 1. The molecule has 152 valence electrons. The molecule has 0 spiro atoms. The molecule has 0 aliphatic carbocycles. The van der Waals surface area contributed by atoms with E-state index in [1.807, 2.05) is 23.6 Å². The molecule has 0 N–H and O–H groups in total. The maximum absolute atomic E-state index is 5.67. The van der Waals surface area contributed by atoms with Crippen LogP contribution in [-0.2, 0) is 12.8 Å². The summed E-state index contributed by atoms with van der Waals surface area (Å²) in [4.78, 5) is 17.7. The van der Waals surface area contributed by atoms with Crippen LogP contribution in [0.2, 0.25) is 0 Å². The second kappa shape index (κ2) is 6.72. The van der Waals surface area contributed by atoms with Crippen molar-refractivity contribution in [3.8, 4) is 23.0 Å². The van der Waals surface area contributed by atoms with Crippen LogP contribution in [0, 0.1) is 5.41 Å². The lowest BCUT2D eigenvalue weighted by Gasteiger charge is -2.16. The second-order valence-corrected chi connectivity index (χ2v) is 8.43. The standard InChI is InChI=1S/C21H21N7O2/c1-5-12-8-13(17-14(9-21(2,3)4)26-30-20(17)24-12)19-25-18(27-29-19)15-10-23-16-11-22-6-7-28(15)16/h6-8,10-11H,5,9H2,1-4H3. The van der Waals surface area contributed by atoms with Gasteiger partial charge in [0.15, 0.2) is 5.65 Å². The van der Waals surface area contributed by atoms with Gasteiger partial charge in [0.1, 0.15) is 5.69 Å². The number of rotatable bonds is 4. The van der Waals surface area contributed by atoms with Gasteiger partial charge in [0.2, 0.25) is 5.82 Å². The van der Waals surface area contributed by atoms with Crippen LogP contribution < -0.4 is 0 Å². The first-order valence-corrected chi connectivity index (χ1v) is 9.82. The first-order chi connectivity index (χ1) is 14.4. The molecular weight excluding hydrogens is 382 g/mol. The minimum absolute atomic E-state index is 0.0368. The summed E-state index contributed by atoms with van der Waals surface area (Å²) in [7, 11) is 0. The van der Waals surface area contributed by atoms with Crippen LogP contribution in [-0.4, -0.2) is 34.6 Å². The zero-order valence-electron chi connectivity index (χ0n) is 17.2. The average Bonchev–Trinajstić information content (AvgIpc) is 3.44. The molecule has 5 aromatic rings. The molecule has 0 unspecified atom stereocenters. The molecule has 0 aliphatic rings. The molecule has 5 rings (SSSR count). The molecule has 30 heavy (non-hydrogen) atoms. The van der Waals surface area contributed by atoms with Crippen molar-refractivity contribution in [3.63, 3.8) is 0 Å². The van der Waals surface area contributed by atoms with Gasteiger partial charge in [0.05, 0.1) is 29.0 Å². The lowest BCUT2D eigenvalue weighted by molar-refractivity contribution is 0.380. The van der Waals surface area contributed by atoms with Crippen molar-refractivity contribution in [2.75, 3.05) is 0 Å². The van der Waals surface area contributed by atoms with Gasteiger partial charge in [0, 0.05) is 18.1 Å². The van der Waals surface area contributed by atoms with E-state index < -0.39 is 0 Å². The molecule has 0 saturated carbocycles. The van der Waals surface area contributed by atoms with E-state index in [0.29, 0.717) is 23.1 Å². The maximum atomic E-state index is 5.67. The molecule has 0 atom stereocenters. The topological polar surface area (TPSA) is 108 Å². The molecule has 0 radical (unpaired) electrons. The predicted octanol–water partition coefficient (Wildman–Crippen LogP) is 4.13. The van der Waals surface area contributed by atoms with Crippen molar-refractivity contribution in [2.24, 2.45) is 5.41 Å². The summed E-state index contributed by atoms with van der Waals surface area (Å²) >= 11 is 0. The zero-order chi connectivity index (χ0) is 20.9. The third-order valence-electron chi connectivity index (χ3n) is 4.83. The van der Waals surface area contributed by atoms with E-state index in [9.17, 15) is 0 Å². The maximum Gasteiger partial charge on any atom is 0.259 e. The molecule has 0 bridgehead atoms. The van der Waals surface area contributed by atoms with E-state index >= 15 is 0 Å². The SMILES string of the molecule is CCc1cc(-c2nc(-c3cnc4cnccn34)no2)c2c(CC(C)(C)C)noc2n1. The second-order valence-electron chi connectivity index (χ2n) is 8.43. The van der Waals surface area contributed by atoms with Gasteiger partial charge in [-0.05, 0) is 24.3 Å². The quantitative estimate of drug-likeness (QED) is 0.441. The summed E-state index contributed by atoms with van der Waals surface area (Å²) in [5.41, 5.74) is 4.46. The molecule has 0 aromatic carbocycles. The minimum atomic E-state index is 0.0368. The van der Waals surface area contributed by atoms with Crippen molar-refractivity contribution < 1.29 is 9.05 Å². The fourth-order valence-electron chi connectivity index (χ4n) is 3.48. The van der Waals surface area contributed by atoms with E-state index in [1.165, 1.54) is 0 Å². The zero-order valence-corrected chi connectivity index (χ0v) is 17.2. The third-order valence-corrected chi connectivity index (χ3v) is 4.83. The Kier molecular flexibility index (Phi) is 4.12. The molecule has 5 aromatic heterocycles. The van der Waals surface area contributed by atoms with Crippen molar-refractivity contribution in [1.29, 1.82) is 0 Å². The highest BCUT2D eigenvalue weighted by Gasteiger charge is 2.24. The highest BCUT2D eigenvalue weighted by molar-refractivity contribution is 5.91. The fraction of sp³-hybridized carbons (Fsp3) is 0.333. The Morgan fingerprint density at radius 2 is 1.93 bits per heavy atom. The van der Waals surface area contributed by atoms with Crippen molar-refractivity contribution in [3.05, 3.63) is 42.2 Å². The average molecular weight is 403 g/mol. The predicted molar refractivity (Wildman–Crippen MR) is 110 cm³/mol. The molecule has 0 saturated heterocycles. The van der Waals surface area contributed by atoms with Gasteiger partial charge in [0.25, 0.3) is 11.6 Å². The first kappa shape index (κ1) is 18.4. The van der Waals surface area contributed by atoms with Crippen molar-refractivity contribution in [1.82, 2.24) is 34.6 Å². The molecular formula is C21H21N7O2. The van der Waals surface area contributed by atoms with Gasteiger partial charge in [-0.1, -0.05) is 38.0 Å². The summed E-state index contributed by atoms with van der Waals surface area (Å²) in [6.07, 6.45) is 8.38. The Labute approximate surface area is 172 Å². The van der Waals surface area contributed by atoms with Crippen molar-refractivity contribution in [2.45, 2.75) is 40.5 Å². The molecule has 5 heterocycles. The smallest absolute Gasteiger partial charge is 0.259 e. The molecule has 9 nitrogen and oxygen atoms in total. The Morgan fingerprint density at radius 1 is 1.07 bits per heavy atom.